The molecule has 2 rings (SSSR count). The van der Waals surface area contributed by atoms with E-state index in [9.17, 15) is 0 Å². The Balaban J connectivity index is 2.11. The second-order valence-electron chi connectivity index (χ2n) is 4.43. The fourth-order valence-corrected chi connectivity index (χ4v) is 1.97. The number of aromatic nitrogens is 1. The number of nitrogens with two attached hydrogens (primary N) is 1. The fraction of sp³-hybridized carbons (Fsp3) is 0.267. The van der Waals surface area contributed by atoms with Crippen LogP contribution in [0.5, 0.6) is 0 Å². The second-order valence-corrected chi connectivity index (χ2v) is 4.43. The SMILES string of the molecule is CCc1ccc(CN(C)c2cccnc2N)cc1. The van der Waals surface area contributed by atoms with Gasteiger partial charge in [0.2, 0.25) is 0 Å². The molecular formula is C15H19N3. The highest BCUT2D eigenvalue weighted by Gasteiger charge is 2.06. The van der Waals surface area contributed by atoms with Crippen molar-refractivity contribution in [2.24, 2.45) is 0 Å². The monoisotopic (exact) mass is 241 g/mol. The van der Waals surface area contributed by atoms with Crippen LogP contribution in [0.1, 0.15) is 18.1 Å². The van der Waals surface area contributed by atoms with Crippen LogP contribution in [0, 0.1) is 0 Å². The predicted octanol–water partition coefficient (Wildman–Crippen LogP) is 2.86. The number of rotatable bonds is 4. The van der Waals surface area contributed by atoms with E-state index in [1.807, 2.05) is 19.2 Å². The van der Waals surface area contributed by atoms with E-state index in [-0.39, 0.29) is 0 Å². The summed E-state index contributed by atoms with van der Waals surface area (Å²) in [6, 6.07) is 12.6. The minimum Gasteiger partial charge on any atom is -0.382 e. The Labute approximate surface area is 108 Å². The van der Waals surface area contributed by atoms with Crippen LogP contribution in [0.3, 0.4) is 0 Å². The van der Waals surface area contributed by atoms with Gasteiger partial charge in [0, 0.05) is 19.8 Å². The maximum atomic E-state index is 5.87. The highest BCUT2D eigenvalue weighted by Crippen LogP contribution is 2.20. The zero-order valence-corrected chi connectivity index (χ0v) is 10.9. The van der Waals surface area contributed by atoms with Crippen molar-refractivity contribution in [1.82, 2.24) is 4.98 Å². The van der Waals surface area contributed by atoms with Crippen molar-refractivity contribution in [2.45, 2.75) is 19.9 Å². The zero-order valence-electron chi connectivity index (χ0n) is 10.9. The van der Waals surface area contributed by atoms with Crippen LogP contribution in [-0.2, 0) is 13.0 Å². The molecule has 0 aliphatic carbocycles. The topological polar surface area (TPSA) is 42.2 Å². The molecule has 1 aromatic carbocycles. The summed E-state index contributed by atoms with van der Waals surface area (Å²) in [6.07, 6.45) is 2.79. The highest BCUT2D eigenvalue weighted by atomic mass is 15.1. The Hall–Kier alpha value is -2.03. The standard InChI is InChI=1S/C15H19N3/c1-3-12-6-8-13(9-7-12)11-18(2)14-5-4-10-17-15(14)16/h4-10H,3,11H2,1-2H3,(H2,16,17). The number of pyridine rings is 1. The molecule has 1 heterocycles. The Morgan fingerprint density at radius 2 is 1.78 bits per heavy atom. The lowest BCUT2D eigenvalue weighted by atomic mass is 10.1. The molecule has 0 bridgehead atoms. The minimum absolute atomic E-state index is 0.574. The van der Waals surface area contributed by atoms with Crippen LogP contribution in [0.25, 0.3) is 0 Å². The van der Waals surface area contributed by atoms with Gasteiger partial charge in [-0.1, -0.05) is 31.2 Å². The van der Waals surface area contributed by atoms with Gasteiger partial charge >= 0.3 is 0 Å². The Bertz CT molecular complexity index is 505. The van der Waals surface area contributed by atoms with Crippen LogP contribution >= 0.6 is 0 Å². The van der Waals surface area contributed by atoms with Crippen molar-refractivity contribution in [3.05, 3.63) is 53.7 Å². The summed E-state index contributed by atoms with van der Waals surface area (Å²) in [5.74, 6) is 0.574. The summed E-state index contributed by atoms with van der Waals surface area (Å²) in [6.45, 7) is 3.00. The molecule has 0 radical (unpaired) electrons. The average Bonchev–Trinajstić information content (AvgIpc) is 2.40. The molecule has 2 aromatic rings. The molecule has 0 fully saturated rings. The summed E-state index contributed by atoms with van der Waals surface area (Å²) in [4.78, 5) is 6.22. The predicted molar refractivity (Wildman–Crippen MR) is 76.6 cm³/mol. The molecule has 0 atom stereocenters. The van der Waals surface area contributed by atoms with Gasteiger partial charge in [0.15, 0.2) is 0 Å². The summed E-state index contributed by atoms with van der Waals surface area (Å²) in [5, 5.41) is 0. The first-order chi connectivity index (χ1) is 8.70. The molecule has 0 aliphatic heterocycles. The Morgan fingerprint density at radius 3 is 2.39 bits per heavy atom. The number of anilines is 2. The van der Waals surface area contributed by atoms with Gasteiger partial charge in [0.05, 0.1) is 5.69 Å². The quantitative estimate of drug-likeness (QED) is 0.895. The van der Waals surface area contributed by atoms with Crippen molar-refractivity contribution in [2.75, 3.05) is 17.7 Å². The van der Waals surface area contributed by atoms with Crippen LogP contribution in [0.15, 0.2) is 42.6 Å². The van der Waals surface area contributed by atoms with Gasteiger partial charge in [-0.15, -0.1) is 0 Å². The van der Waals surface area contributed by atoms with E-state index >= 15 is 0 Å². The average molecular weight is 241 g/mol. The first-order valence-corrected chi connectivity index (χ1v) is 6.20. The lowest BCUT2D eigenvalue weighted by Crippen LogP contribution is -2.18. The van der Waals surface area contributed by atoms with Crippen molar-refractivity contribution in [3.63, 3.8) is 0 Å². The van der Waals surface area contributed by atoms with Crippen LogP contribution < -0.4 is 10.6 Å². The van der Waals surface area contributed by atoms with E-state index in [2.05, 4.69) is 41.1 Å². The zero-order chi connectivity index (χ0) is 13.0. The molecule has 0 saturated heterocycles. The van der Waals surface area contributed by atoms with Gasteiger partial charge in [-0.25, -0.2) is 4.98 Å². The number of hydrogen-bond acceptors (Lipinski definition) is 3. The maximum absolute atomic E-state index is 5.87. The molecule has 1 aromatic heterocycles. The van der Waals surface area contributed by atoms with Crippen LogP contribution in [0.4, 0.5) is 11.5 Å². The summed E-state index contributed by atoms with van der Waals surface area (Å²) in [7, 11) is 2.03. The van der Waals surface area contributed by atoms with Gasteiger partial charge in [0.25, 0.3) is 0 Å². The molecule has 0 spiro atoms. The largest absolute Gasteiger partial charge is 0.382 e. The molecule has 0 saturated carbocycles. The third-order valence-corrected chi connectivity index (χ3v) is 3.08. The molecule has 18 heavy (non-hydrogen) atoms. The number of nitrogen functional groups attached to an aromatic ring is 1. The molecule has 3 nitrogen and oxygen atoms in total. The van der Waals surface area contributed by atoms with E-state index in [1.54, 1.807) is 6.20 Å². The maximum Gasteiger partial charge on any atom is 0.146 e. The molecule has 3 heteroatoms. The van der Waals surface area contributed by atoms with Crippen LogP contribution in [0.2, 0.25) is 0 Å². The summed E-state index contributed by atoms with van der Waals surface area (Å²) in [5.41, 5.74) is 9.48. The van der Waals surface area contributed by atoms with E-state index in [4.69, 9.17) is 5.73 Å². The third-order valence-electron chi connectivity index (χ3n) is 3.08. The van der Waals surface area contributed by atoms with Crippen molar-refractivity contribution in [1.29, 1.82) is 0 Å². The number of hydrogen-bond donors (Lipinski definition) is 1. The molecule has 0 amide bonds. The smallest absolute Gasteiger partial charge is 0.146 e. The molecule has 0 unspecified atom stereocenters. The lowest BCUT2D eigenvalue weighted by Gasteiger charge is -2.20. The van der Waals surface area contributed by atoms with Crippen molar-refractivity contribution < 1.29 is 0 Å². The first-order valence-electron chi connectivity index (χ1n) is 6.20. The number of aryl methyl sites for hydroxylation is 1. The van der Waals surface area contributed by atoms with Gasteiger partial charge in [0.1, 0.15) is 5.82 Å². The van der Waals surface area contributed by atoms with E-state index in [0.717, 1.165) is 18.7 Å². The normalized spacial score (nSPS) is 10.3. The van der Waals surface area contributed by atoms with Gasteiger partial charge in [-0.05, 0) is 29.7 Å². The number of benzene rings is 1. The molecular weight excluding hydrogens is 222 g/mol. The lowest BCUT2D eigenvalue weighted by molar-refractivity contribution is 0.918. The minimum atomic E-state index is 0.574. The molecule has 2 N–H and O–H groups in total. The fourth-order valence-electron chi connectivity index (χ4n) is 1.97. The number of nitrogens with zero attached hydrogens (tertiary/aromatic N) is 2. The Kier molecular flexibility index (Phi) is 3.82. The first kappa shape index (κ1) is 12.4. The van der Waals surface area contributed by atoms with Crippen molar-refractivity contribution >= 4 is 11.5 Å². The third kappa shape index (κ3) is 2.80. The van der Waals surface area contributed by atoms with E-state index < -0.39 is 0 Å². The summed E-state index contributed by atoms with van der Waals surface area (Å²) >= 11 is 0. The second kappa shape index (κ2) is 5.54. The molecule has 94 valence electrons. The van der Waals surface area contributed by atoms with Crippen LogP contribution in [-0.4, -0.2) is 12.0 Å². The highest BCUT2D eigenvalue weighted by molar-refractivity contribution is 5.62. The van der Waals surface area contributed by atoms with E-state index in [0.29, 0.717) is 5.82 Å². The van der Waals surface area contributed by atoms with E-state index in [1.165, 1.54) is 11.1 Å². The van der Waals surface area contributed by atoms with Crippen molar-refractivity contribution in [3.8, 4) is 0 Å². The van der Waals surface area contributed by atoms with Gasteiger partial charge in [-0.3, -0.25) is 0 Å². The van der Waals surface area contributed by atoms with Gasteiger partial charge in [-0.2, -0.15) is 0 Å². The molecule has 0 aliphatic rings. The Morgan fingerprint density at radius 1 is 1.11 bits per heavy atom. The summed E-state index contributed by atoms with van der Waals surface area (Å²) < 4.78 is 0. The van der Waals surface area contributed by atoms with Gasteiger partial charge < -0.3 is 10.6 Å².